The van der Waals surface area contributed by atoms with Crippen molar-refractivity contribution in [2.75, 3.05) is 0 Å². The van der Waals surface area contributed by atoms with Crippen LogP contribution in [0.25, 0.3) is 11.2 Å². The number of hydrogen-bond donors (Lipinski definition) is 1. The molecule has 2 rings (SSSR count). The van der Waals surface area contributed by atoms with Gasteiger partial charge in [0, 0.05) is 5.92 Å². The summed E-state index contributed by atoms with van der Waals surface area (Å²) in [7, 11) is 0. The quantitative estimate of drug-likeness (QED) is 0.878. The summed E-state index contributed by atoms with van der Waals surface area (Å²) in [5.41, 5.74) is 2.88. The largest absolute Gasteiger partial charge is 0.329 e. The zero-order chi connectivity index (χ0) is 13.1. The smallest absolute Gasteiger partial charge is 0.160 e. The maximum Gasteiger partial charge on any atom is 0.160 e. The van der Waals surface area contributed by atoms with Crippen LogP contribution in [0.15, 0.2) is 12.7 Å². The van der Waals surface area contributed by atoms with Gasteiger partial charge < -0.3 is 4.98 Å². The molecule has 0 aliphatic heterocycles. The minimum Gasteiger partial charge on any atom is -0.329 e. The van der Waals surface area contributed by atoms with Crippen molar-refractivity contribution in [3.63, 3.8) is 0 Å². The first-order valence-electron chi connectivity index (χ1n) is 6.82. The van der Waals surface area contributed by atoms with E-state index in [4.69, 9.17) is 0 Å². The van der Waals surface area contributed by atoms with Crippen LogP contribution in [-0.2, 0) is 0 Å². The van der Waals surface area contributed by atoms with E-state index < -0.39 is 0 Å². The topological polar surface area (TPSA) is 54.5 Å². The van der Waals surface area contributed by atoms with Gasteiger partial charge in [0.05, 0.1) is 12.0 Å². The molecule has 0 aliphatic rings. The van der Waals surface area contributed by atoms with Crippen molar-refractivity contribution in [1.29, 1.82) is 0 Å². The monoisotopic (exact) mass is 246 g/mol. The maximum absolute atomic E-state index is 4.52. The van der Waals surface area contributed by atoms with Crippen molar-refractivity contribution < 1.29 is 0 Å². The third kappa shape index (κ3) is 2.24. The molecule has 0 fully saturated rings. The predicted octanol–water partition coefficient (Wildman–Crippen LogP) is 3.53. The number of hydrogen-bond acceptors (Lipinski definition) is 3. The lowest BCUT2D eigenvalue weighted by Crippen LogP contribution is -2.19. The van der Waals surface area contributed by atoms with Crippen LogP contribution in [0.3, 0.4) is 0 Å². The molecule has 0 aromatic carbocycles. The number of nitrogens with one attached hydrogen (secondary N) is 1. The van der Waals surface area contributed by atoms with Gasteiger partial charge in [0.25, 0.3) is 0 Å². The van der Waals surface area contributed by atoms with E-state index in [9.17, 15) is 0 Å². The molecule has 0 spiro atoms. The highest BCUT2D eigenvalue weighted by Crippen LogP contribution is 2.36. The summed E-state index contributed by atoms with van der Waals surface area (Å²) in [4.78, 5) is 16.2. The molecule has 2 unspecified atom stereocenters. The lowest BCUT2D eigenvalue weighted by Gasteiger charge is -2.27. The number of nitrogens with zero attached hydrogens (tertiary/aromatic N) is 3. The fraction of sp³-hybridized carbons (Fsp3) is 0.643. The van der Waals surface area contributed by atoms with Gasteiger partial charge in [0.1, 0.15) is 11.8 Å². The molecule has 0 amide bonds. The fourth-order valence-electron chi connectivity index (χ4n) is 2.63. The summed E-state index contributed by atoms with van der Waals surface area (Å²) >= 11 is 0. The average molecular weight is 246 g/mol. The fourth-order valence-corrected chi connectivity index (χ4v) is 2.63. The van der Waals surface area contributed by atoms with Crippen molar-refractivity contribution in [2.45, 2.75) is 46.5 Å². The Morgan fingerprint density at radius 3 is 2.33 bits per heavy atom. The van der Waals surface area contributed by atoms with Crippen LogP contribution in [0.5, 0.6) is 0 Å². The minimum absolute atomic E-state index is 0.453. The van der Waals surface area contributed by atoms with Crippen LogP contribution in [0.2, 0.25) is 0 Å². The van der Waals surface area contributed by atoms with Crippen LogP contribution in [0, 0.1) is 11.8 Å². The van der Waals surface area contributed by atoms with Gasteiger partial charge in [-0.2, -0.15) is 0 Å². The highest BCUT2D eigenvalue weighted by molar-refractivity contribution is 5.72. The minimum atomic E-state index is 0.453. The highest BCUT2D eigenvalue weighted by atomic mass is 15.0. The van der Waals surface area contributed by atoms with Gasteiger partial charge in [-0.3, -0.25) is 0 Å². The van der Waals surface area contributed by atoms with E-state index >= 15 is 0 Å². The first-order valence-corrected chi connectivity index (χ1v) is 6.82. The molecular formula is C14H22N4. The summed E-state index contributed by atoms with van der Waals surface area (Å²) in [5.74, 6) is 1.67. The second-order valence-corrected chi connectivity index (χ2v) is 5.16. The average Bonchev–Trinajstić information content (AvgIpc) is 2.87. The van der Waals surface area contributed by atoms with Gasteiger partial charge in [0.15, 0.2) is 5.65 Å². The van der Waals surface area contributed by atoms with Crippen LogP contribution in [0.4, 0.5) is 0 Å². The van der Waals surface area contributed by atoms with Crippen molar-refractivity contribution in [3.8, 4) is 0 Å². The first-order chi connectivity index (χ1) is 8.69. The number of H-pyrrole nitrogens is 1. The van der Waals surface area contributed by atoms with Gasteiger partial charge in [-0.05, 0) is 11.8 Å². The van der Waals surface area contributed by atoms with Crippen LogP contribution >= 0.6 is 0 Å². The molecule has 0 saturated heterocycles. The Balaban J connectivity index is 2.50. The third-order valence-electron chi connectivity index (χ3n) is 4.08. The van der Waals surface area contributed by atoms with E-state index in [0.717, 1.165) is 29.7 Å². The molecule has 4 nitrogen and oxygen atoms in total. The third-order valence-corrected chi connectivity index (χ3v) is 4.08. The number of fused-ring (bicyclic) bond motifs is 1. The lowest BCUT2D eigenvalue weighted by molar-refractivity contribution is 0.325. The Morgan fingerprint density at radius 2 is 1.72 bits per heavy atom. The van der Waals surface area contributed by atoms with Crippen molar-refractivity contribution in [1.82, 2.24) is 19.9 Å². The molecule has 0 saturated carbocycles. The normalized spacial score (nSPS) is 16.7. The summed E-state index contributed by atoms with van der Waals surface area (Å²) < 4.78 is 0. The van der Waals surface area contributed by atoms with E-state index in [0.29, 0.717) is 17.8 Å². The lowest BCUT2D eigenvalue weighted by atomic mass is 9.78. The molecule has 0 aliphatic carbocycles. The Hall–Kier alpha value is -1.45. The standard InChI is InChI=1S/C14H22N4/c1-5-9(3)11(10(4)6-2)12-13-14(17-7-15-12)18-8-16-13/h7-11H,5-6H2,1-4H3,(H,15,16,17,18). The Kier molecular flexibility index (Phi) is 3.94. The van der Waals surface area contributed by atoms with E-state index in [-0.39, 0.29) is 0 Å². The summed E-state index contributed by atoms with van der Waals surface area (Å²) in [6.45, 7) is 9.08. The Labute approximate surface area is 108 Å². The van der Waals surface area contributed by atoms with Crippen LogP contribution in [-0.4, -0.2) is 19.9 Å². The number of rotatable bonds is 5. The second-order valence-electron chi connectivity index (χ2n) is 5.16. The predicted molar refractivity (Wildman–Crippen MR) is 73.3 cm³/mol. The number of aromatic amines is 1. The van der Waals surface area contributed by atoms with Crippen LogP contribution in [0.1, 0.15) is 52.1 Å². The summed E-state index contributed by atoms with van der Waals surface area (Å²) in [5, 5.41) is 0. The Bertz CT molecular complexity index is 495. The summed E-state index contributed by atoms with van der Waals surface area (Å²) in [6.07, 6.45) is 5.66. The summed E-state index contributed by atoms with van der Waals surface area (Å²) in [6, 6.07) is 0. The molecule has 0 bridgehead atoms. The van der Waals surface area contributed by atoms with E-state index in [1.165, 1.54) is 0 Å². The molecule has 18 heavy (non-hydrogen) atoms. The molecule has 0 radical (unpaired) electrons. The van der Waals surface area contributed by atoms with Gasteiger partial charge in [-0.1, -0.05) is 40.5 Å². The van der Waals surface area contributed by atoms with Gasteiger partial charge in [-0.25, -0.2) is 15.0 Å². The second kappa shape index (κ2) is 5.46. The molecule has 2 heterocycles. The van der Waals surface area contributed by atoms with Gasteiger partial charge in [-0.15, -0.1) is 0 Å². The number of imidazole rings is 1. The van der Waals surface area contributed by atoms with Crippen LogP contribution < -0.4 is 0 Å². The van der Waals surface area contributed by atoms with Gasteiger partial charge in [0.2, 0.25) is 0 Å². The van der Waals surface area contributed by atoms with Crippen molar-refractivity contribution >= 4 is 11.2 Å². The molecule has 98 valence electrons. The molecule has 2 aromatic rings. The zero-order valence-electron chi connectivity index (χ0n) is 11.6. The number of aromatic nitrogens is 4. The molecule has 2 atom stereocenters. The maximum atomic E-state index is 4.52. The van der Waals surface area contributed by atoms with E-state index in [1.807, 2.05) is 0 Å². The van der Waals surface area contributed by atoms with Crippen molar-refractivity contribution in [3.05, 3.63) is 18.3 Å². The van der Waals surface area contributed by atoms with Crippen molar-refractivity contribution in [2.24, 2.45) is 11.8 Å². The molecule has 1 N–H and O–H groups in total. The van der Waals surface area contributed by atoms with E-state index in [2.05, 4.69) is 47.6 Å². The van der Waals surface area contributed by atoms with E-state index in [1.54, 1.807) is 12.7 Å². The van der Waals surface area contributed by atoms with Gasteiger partial charge >= 0.3 is 0 Å². The Morgan fingerprint density at radius 1 is 1.06 bits per heavy atom. The molecular weight excluding hydrogens is 224 g/mol. The molecule has 2 aromatic heterocycles. The molecule has 4 heteroatoms. The SMILES string of the molecule is CCC(C)C(c1ncnc2[nH]cnc12)C(C)CC. The highest BCUT2D eigenvalue weighted by Gasteiger charge is 2.27. The zero-order valence-corrected chi connectivity index (χ0v) is 11.6. The first kappa shape index (κ1) is 13.0.